The Bertz CT molecular complexity index is 1160. The Morgan fingerprint density at radius 2 is 1.82 bits per heavy atom. The summed E-state index contributed by atoms with van der Waals surface area (Å²) in [6.45, 7) is 1.67. The minimum absolute atomic E-state index is 0.0177. The highest BCUT2D eigenvalue weighted by Gasteiger charge is 2.17. The minimum atomic E-state index is -0.892. The second-order valence-electron chi connectivity index (χ2n) is 7.32. The highest BCUT2D eigenvalue weighted by Crippen LogP contribution is 2.25. The number of hydrogen-bond acceptors (Lipinski definition) is 7. The summed E-state index contributed by atoms with van der Waals surface area (Å²) in [6, 6.07) is 17.8. The smallest absolute Gasteiger partial charge is 0.313 e. The summed E-state index contributed by atoms with van der Waals surface area (Å²) in [5.74, 6) is -0.477. The van der Waals surface area contributed by atoms with E-state index < -0.39 is 17.0 Å². The number of amides is 1. The summed E-state index contributed by atoms with van der Waals surface area (Å²) >= 11 is 0. The van der Waals surface area contributed by atoms with Crippen LogP contribution < -0.4 is 10.1 Å². The number of methoxy groups -OCH3 is 1. The van der Waals surface area contributed by atoms with Crippen molar-refractivity contribution in [2.24, 2.45) is 0 Å². The van der Waals surface area contributed by atoms with Crippen LogP contribution in [0.1, 0.15) is 34.3 Å². The molecule has 0 radical (unpaired) electrons. The molecule has 0 unspecified atom stereocenters. The molecule has 1 amide bonds. The molecule has 172 valence electrons. The standard InChI is InChI=1S/C24H24N2O7/c1-16(18-6-7-20-14-22(31-2)9-8-19(20)13-18)24(28)32-11-10-25-23(27)21-5-3-4-17(12-21)15-33-26(29)30/h3-9,12-14,16H,10-11,15H2,1-2H3,(H,25,27)/t16-/m0/s1. The van der Waals surface area contributed by atoms with Gasteiger partial charge >= 0.3 is 5.97 Å². The van der Waals surface area contributed by atoms with Gasteiger partial charge in [-0.25, -0.2) is 0 Å². The Morgan fingerprint density at radius 1 is 1.06 bits per heavy atom. The Kier molecular flexibility index (Phi) is 7.80. The number of benzene rings is 3. The Morgan fingerprint density at radius 3 is 2.58 bits per heavy atom. The third-order valence-corrected chi connectivity index (χ3v) is 5.08. The van der Waals surface area contributed by atoms with Gasteiger partial charge in [-0.1, -0.05) is 36.4 Å². The molecule has 0 fully saturated rings. The predicted octanol–water partition coefficient (Wildman–Crippen LogP) is 3.63. The number of rotatable bonds is 10. The van der Waals surface area contributed by atoms with E-state index in [1.54, 1.807) is 32.2 Å². The lowest BCUT2D eigenvalue weighted by atomic mass is 9.98. The Labute approximate surface area is 190 Å². The zero-order valence-electron chi connectivity index (χ0n) is 18.3. The van der Waals surface area contributed by atoms with Gasteiger partial charge in [0.2, 0.25) is 0 Å². The molecule has 0 aliphatic rings. The summed E-state index contributed by atoms with van der Waals surface area (Å²) in [5, 5.41) is 14.1. The van der Waals surface area contributed by atoms with Crippen LogP contribution in [-0.4, -0.2) is 37.2 Å². The van der Waals surface area contributed by atoms with Gasteiger partial charge < -0.3 is 19.6 Å². The highest BCUT2D eigenvalue weighted by atomic mass is 16.9. The Balaban J connectivity index is 1.49. The average Bonchev–Trinajstić information content (AvgIpc) is 2.84. The van der Waals surface area contributed by atoms with Gasteiger partial charge in [-0.3, -0.25) is 9.59 Å². The number of hydrogen-bond donors (Lipinski definition) is 1. The lowest BCUT2D eigenvalue weighted by Gasteiger charge is -2.13. The molecule has 3 aromatic rings. The monoisotopic (exact) mass is 452 g/mol. The van der Waals surface area contributed by atoms with E-state index in [0.29, 0.717) is 11.1 Å². The van der Waals surface area contributed by atoms with Crippen molar-refractivity contribution in [1.29, 1.82) is 0 Å². The van der Waals surface area contributed by atoms with Crippen molar-refractivity contribution in [3.05, 3.63) is 87.5 Å². The maximum absolute atomic E-state index is 12.4. The van der Waals surface area contributed by atoms with Crippen LogP contribution in [-0.2, 0) is 21.0 Å². The van der Waals surface area contributed by atoms with Gasteiger partial charge in [-0.2, -0.15) is 0 Å². The lowest BCUT2D eigenvalue weighted by Crippen LogP contribution is -2.28. The van der Waals surface area contributed by atoms with Crippen molar-refractivity contribution in [3.63, 3.8) is 0 Å². The fourth-order valence-electron chi connectivity index (χ4n) is 3.25. The SMILES string of the molecule is COc1ccc2cc([C@H](C)C(=O)OCCNC(=O)c3cccc(CO[N+](=O)[O-])c3)ccc2c1. The molecule has 0 aliphatic heterocycles. The molecule has 9 heteroatoms. The number of carbonyl (C=O) groups is 2. The normalized spacial score (nSPS) is 11.5. The lowest BCUT2D eigenvalue weighted by molar-refractivity contribution is -0.763. The van der Waals surface area contributed by atoms with Crippen LogP contribution in [0.25, 0.3) is 10.8 Å². The first-order chi connectivity index (χ1) is 15.9. The van der Waals surface area contributed by atoms with Gasteiger partial charge in [-0.15, -0.1) is 10.1 Å². The van der Waals surface area contributed by atoms with Gasteiger partial charge in [0.15, 0.2) is 0 Å². The molecule has 0 saturated carbocycles. The highest BCUT2D eigenvalue weighted by molar-refractivity contribution is 5.94. The number of nitrogens with one attached hydrogen (secondary N) is 1. The van der Waals surface area contributed by atoms with E-state index in [-0.39, 0.29) is 25.7 Å². The molecule has 0 bridgehead atoms. The van der Waals surface area contributed by atoms with Crippen LogP contribution in [0.4, 0.5) is 0 Å². The molecule has 0 spiro atoms. The van der Waals surface area contributed by atoms with Crippen molar-refractivity contribution < 1.29 is 29.0 Å². The molecular formula is C24H24N2O7. The van der Waals surface area contributed by atoms with Crippen LogP contribution in [0.5, 0.6) is 5.75 Å². The van der Waals surface area contributed by atoms with Gasteiger partial charge in [0.05, 0.1) is 19.6 Å². The first-order valence-corrected chi connectivity index (χ1v) is 10.3. The van der Waals surface area contributed by atoms with Gasteiger partial charge in [0.1, 0.15) is 19.0 Å². The summed E-state index contributed by atoms with van der Waals surface area (Å²) in [7, 11) is 1.61. The molecule has 0 aromatic heterocycles. The first kappa shape index (κ1) is 23.5. The van der Waals surface area contributed by atoms with Crippen molar-refractivity contribution in [2.45, 2.75) is 19.4 Å². The van der Waals surface area contributed by atoms with Crippen LogP contribution in [0.3, 0.4) is 0 Å². The van der Waals surface area contributed by atoms with Crippen molar-refractivity contribution in [1.82, 2.24) is 5.32 Å². The fraction of sp³-hybridized carbons (Fsp3) is 0.250. The molecular weight excluding hydrogens is 428 g/mol. The number of carbonyl (C=O) groups excluding carboxylic acids is 2. The van der Waals surface area contributed by atoms with E-state index in [9.17, 15) is 19.7 Å². The maximum atomic E-state index is 12.4. The van der Waals surface area contributed by atoms with Gasteiger partial charge in [0, 0.05) is 5.56 Å². The molecule has 1 atom stereocenters. The molecule has 3 rings (SSSR count). The van der Waals surface area contributed by atoms with Crippen molar-refractivity contribution in [3.8, 4) is 5.75 Å². The molecule has 3 aromatic carbocycles. The summed E-state index contributed by atoms with van der Waals surface area (Å²) in [4.78, 5) is 39.3. The van der Waals surface area contributed by atoms with E-state index >= 15 is 0 Å². The van der Waals surface area contributed by atoms with Crippen molar-refractivity contribution in [2.75, 3.05) is 20.3 Å². The zero-order valence-corrected chi connectivity index (χ0v) is 18.3. The maximum Gasteiger partial charge on any atom is 0.313 e. The predicted molar refractivity (Wildman–Crippen MR) is 120 cm³/mol. The Hall–Kier alpha value is -4.14. The van der Waals surface area contributed by atoms with Crippen molar-refractivity contribution >= 4 is 22.6 Å². The second-order valence-corrected chi connectivity index (χ2v) is 7.32. The van der Waals surface area contributed by atoms with Crippen LogP contribution >= 0.6 is 0 Å². The molecule has 0 saturated heterocycles. The molecule has 0 aliphatic carbocycles. The van der Waals surface area contributed by atoms with Gasteiger partial charge in [-0.05, 0) is 53.1 Å². The summed E-state index contributed by atoms with van der Waals surface area (Å²) in [5.41, 5.74) is 1.65. The largest absolute Gasteiger partial charge is 0.497 e. The number of ether oxygens (including phenoxy) is 2. The zero-order chi connectivity index (χ0) is 23.8. The van der Waals surface area contributed by atoms with Gasteiger partial charge in [0.25, 0.3) is 11.0 Å². The van der Waals surface area contributed by atoms with E-state index in [0.717, 1.165) is 22.1 Å². The minimum Gasteiger partial charge on any atom is -0.497 e. The van der Waals surface area contributed by atoms with E-state index in [4.69, 9.17) is 9.47 Å². The number of nitrogens with zero attached hydrogens (tertiary/aromatic N) is 1. The topological polar surface area (TPSA) is 117 Å². The van der Waals surface area contributed by atoms with Crippen LogP contribution in [0.2, 0.25) is 0 Å². The van der Waals surface area contributed by atoms with Crippen LogP contribution in [0.15, 0.2) is 60.7 Å². The fourth-order valence-corrected chi connectivity index (χ4v) is 3.25. The quantitative estimate of drug-likeness (QED) is 0.216. The average molecular weight is 452 g/mol. The van der Waals surface area contributed by atoms with E-state index in [2.05, 4.69) is 10.2 Å². The number of esters is 1. The molecule has 33 heavy (non-hydrogen) atoms. The van der Waals surface area contributed by atoms with E-state index in [1.165, 1.54) is 6.07 Å². The first-order valence-electron chi connectivity index (χ1n) is 10.3. The van der Waals surface area contributed by atoms with Crippen LogP contribution in [0, 0.1) is 10.1 Å². The summed E-state index contributed by atoms with van der Waals surface area (Å²) in [6.07, 6.45) is 0. The molecule has 9 nitrogen and oxygen atoms in total. The molecule has 0 heterocycles. The third kappa shape index (κ3) is 6.42. The van der Waals surface area contributed by atoms with E-state index in [1.807, 2.05) is 36.4 Å². The number of fused-ring (bicyclic) bond motifs is 1. The summed E-state index contributed by atoms with van der Waals surface area (Å²) < 4.78 is 10.5. The third-order valence-electron chi connectivity index (χ3n) is 5.08. The second kappa shape index (κ2) is 10.9. The molecule has 1 N–H and O–H groups in total.